The molecule has 4 heteroatoms. The molecule has 0 aromatic heterocycles. The molecule has 1 aromatic rings. The topological polar surface area (TPSA) is 36.9 Å². The van der Waals surface area contributed by atoms with Gasteiger partial charge in [-0.2, -0.15) is 0 Å². The van der Waals surface area contributed by atoms with Gasteiger partial charge in [0, 0.05) is 0 Å². The maximum absolute atomic E-state index is 6.00. The van der Waals surface area contributed by atoms with E-state index in [1.54, 1.807) is 6.08 Å². The van der Waals surface area contributed by atoms with Gasteiger partial charge in [0.05, 0.1) is 6.61 Å². The third-order valence-electron chi connectivity index (χ3n) is 3.54. The molecule has 2 aliphatic rings. The summed E-state index contributed by atoms with van der Waals surface area (Å²) in [5, 5.41) is 0. The Morgan fingerprint density at radius 2 is 2.00 bits per heavy atom. The van der Waals surface area contributed by atoms with Gasteiger partial charge in [-0.3, -0.25) is 0 Å². The molecule has 1 aromatic carbocycles. The Bertz CT molecular complexity index is 471. The van der Waals surface area contributed by atoms with Crippen LogP contribution in [0.25, 0.3) is 0 Å². The van der Waals surface area contributed by atoms with E-state index in [0.29, 0.717) is 6.61 Å². The number of benzene rings is 1. The van der Waals surface area contributed by atoms with Gasteiger partial charge in [0.15, 0.2) is 12.1 Å². The van der Waals surface area contributed by atoms with Crippen LogP contribution in [0.5, 0.6) is 0 Å². The molecule has 0 radical (unpaired) electrons. The molecule has 108 valence electrons. The van der Waals surface area contributed by atoms with Crippen LogP contribution in [-0.4, -0.2) is 30.4 Å². The Kier molecular flexibility index (Phi) is 3.65. The Morgan fingerprint density at radius 1 is 1.25 bits per heavy atom. The third-order valence-corrected chi connectivity index (χ3v) is 3.54. The molecule has 0 aliphatic carbocycles. The van der Waals surface area contributed by atoms with Crippen molar-refractivity contribution in [3.05, 3.63) is 48.6 Å². The molecule has 20 heavy (non-hydrogen) atoms. The van der Waals surface area contributed by atoms with Gasteiger partial charge in [-0.05, 0) is 19.4 Å². The molecule has 0 spiro atoms. The van der Waals surface area contributed by atoms with Gasteiger partial charge in [-0.1, -0.05) is 36.4 Å². The predicted octanol–water partition coefficient (Wildman–Crippen LogP) is 2.63. The number of rotatable bonds is 4. The quantitative estimate of drug-likeness (QED) is 0.792. The van der Waals surface area contributed by atoms with Crippen molar-refractivity contribution in [3.8, 4) is 0 Å². The van der Waals surface area contributed by atoms with Gasteiger partial charge in [0.1, 0.15) is 18.3 Å². The summed E-state index contributed by atoms with van der Waals surface area (Å²) in [5.41, 5.74) is 1.12. The minimum absolute atomic E-state index is 0.195. The number of fused-ring (bicyclic) bond motifs is 1. The first-order valence-corrected chi connectivity index (χ1v) is 6.88. The van der Waals surface area contributed by atoms with Crippen LogP contribution < -0.4 is 0 Å². The SMILES string of the molecule is C=CC1OC2OC(C)(C)OC2[C@H]1OCc1ccccc1. The summed E-state index contributed by atoms with van der Waals surface area (Å²) in [6, 6.07) is 10.0. The maximum atomic E-state index is 6.00. The number of hydrogen-bond acceptors (Lipinski definition) is 4. The maximum Gasteiger partial charge on any atom is 0.190 e. The standard InChI is InChI=1S/C16H20O4/c1-4-12-13(17-10-11-8-6-5-7-9-11)14-15(18-12)20-16(2,3)19-14/h4-9,12-15H,1,10H2,2-3H3/t12?,13-,14?,15?/m0/s1. The fourth-order valence-electron chi connectivity index (χ4n) is 2.65. The predicted molar refractivity (Wildman–Crippen MR) is 73.9 cm³/mol. The highest BCUT2D eigenvalue weighted by atomic mass is 16.8. The molecule has 2 fully saturated rings. The minimum atomic E-state index is -0.629. The lowest BCUT2D eigenvalue weighted by molar-refractivity contribution is -0.213. The minimum Gasteiger partial charge on any atom is -0.368 e. The zero-order valence-electron chi connectivity index (χ0n) is 11.8. The molecule has 0 amide bonds. The van der Waals surface area contributed by atoms with Crippen molar-refractivity contribution in [3.63, 3.8) is 0 Å². The van der Waals surface area contributed by atoms with E-state index in [0.717, 1.165) is 5.56 Å². The lowest BCUT2D eigenvalue weighted by atomic mass is 10.1. The Morgan fingerprint density at radius 3 is 2.70 bits per heavy atom. The van der Waals surface area contributed by atoms with Crippen LogP contribution in [-0.2, 0) is 25.6 Å². The van der Waals surface area contributed by atoms with Gasteiger partial charge in [0.2, 0.25) is 0 Å². The average molecular weight is 276 g/mol. The highest BCUT2D eigenvalue weighted by Gasteiger charge is 2.54. The monoisotopic (exact) mass is 276 g/mol. The molecule has 4 atom stereocenters. The fraction of sp³-hybridized carbons (Fsp3) is 0.500. The molecular weight excluding hydrogens is 256 g/mol. The molecule has 3 rings (SSSR count). The van der Waals surface area contributed by atoms with Crippen molar-refractivity contribution < 1.29 is 18.9 Å². The summed E-state index contributed by atoms with van der Waals surface area (Å²) in [5.74, 6) is -0.629. The first-order valence-electron chi connectivity index (χ1n) is 6.88. The van der Waals surface area contributed by atoms with Crippen LogP contribution in [0.1, 0.15) is 19.4 Å². The van der Waals surface area contributed by atoms with Crippen molar-refractivity contribution in [2.45, 2.75) is 50.8 Å². The van der Waals surface area contributed by atoms with Crippen LogP contribution >= 0.6 is 0 Å². The second kappa shape index (κ2) is 5.30. The highest BCUT2D eigenvalue weighted by molar-refractivity contribution is 5.13. The van der Waals surface area contributed by atoms with Crippen LogP contribution in [0.2, 0.25) is 0 Å². The van der Waals surface area contributed by atoms with E-state index in [9.17, 15) is 0 Å². The first-order chi connectivity index (χ1) is 9.59. The normalized spacial score (nSPS) is 34.9. The van der Waals surface area contributed by atoms with Crippen molar-refractivity contribution in [1.29, 1.82) is 0 Å². The molecule has 0 saturated carbocycles. The zero-order chi connectivity index (χ0) is 14.2. The summed E-state index contributed by atoms with van der Waals surface area (Å²) >= 11 is 0. The number of ether oxygens (including phenoxy) is 4. The van der Waals surface area contributed by atoms with Crippen LogP contribution in [0.3, 0.4) is 0 Å². The summed E-state index contributed by atoms with van der Waals surface area (Å²) in [4.78, 5) is 0. The molecule has 4 nitrogen and oxygen atoms in total. The summed E-state index contributed by atoms with van der Waals surface area (Å²) in [6.45, 7) is 8.08. The summed E-state index contributed by atoms with van der Waals surface area (Å²) < 4.78 is 23.4. The molecule has 0 N–H and O–H groups in total. The van der Waals surface area contributed by atoms with Crippen LogP contribution in [0.15, 0.2) is 43.0 Å². The molecule has 0 bridgehead atoms. The largest absolute Gasteiger partial charge is 0.368 e. The first kappa shape index (κ1) is 13.8. The van der Waals surface area contributed by atoms with E-state index in [-0.39, 0.29) is 24.6 Å². The van der Waals surface area contributed by atoms with Crippen molar-refractivity contribution >= 4 is 0 Å². The van der Waals surface area contributed by atoms with Gasteiger partial charge in [-0.25, -0.2) is 0 Å². The van der Waals surface area contributed by atoms with Crippen LogP contribution in [0.4, 0.5) is 0 Å². The molecule has 2 aliphatic heterocycles. The Balaban J connectivity index is 1.68. The average Bonchev–Trinajstić information content (AvgIpc) is 2.89. The van der Waals surface area contributed by atoms with E-state index in [4.69, 9.17) is 18.9 Å². The van der Waals surface area contributed by atoms with E-state index in [1.165, 1.54) is 0 Å². The molecule has 3 unspecified atom stereocenters. The van der Waals surface area contributed by atoms with Crippen molar-refractivity contribution in [2.75, 3.05) is 0 Å². The van der Waals surface area contributed by atoms with Crippen molar-refractivity contribution in [1.82, 2.24) is 0 Å². The third kappa shape index (κ3) is 2.65. The second-order valence-corrected chi connectivity index (χ2v) is 5.57. The number of hydrogen-bond donors (Lipinski definition) is 0. The molecule has 2 heterocycles. The highest BCUT2D eigenvalue weighted by Crippen LogP contribution is 2.39. The van der Waals surface area contributed by atoms with Crippen LogP contribution in [0, 0.1) is 0 Å². The Hall–Kier alpha value is -1.20. The van der Waals surface area contributed by atoms with Gasteiger partial charge in [-0.15, -0.1) is 6.58 Å². The van der Waals surface area contributed by atoms with E-state index in [1.807, 2.05) is 44.2 Å². The van der Waals surface area contributed by atoms with E-state index >= 15 is 0 Å². The molecular formula is C16H20O4. The lowest BCUT2D eigenvalue weighted by Gasteiger charge is -2.24. The van der Waals surface area contributed by atoms with E-state index < -0.39 is 5.79 Å². The fourth-order valence-corrected chi connectivity index (χ4v) is 2.65. The van der Waals surface area contributed by atoms with Crippen molar-refractivity contribution in [2.24, 2.45) is 0 Å². The Labute approximate surface area is 119 Å². The van der Waals surface area contributed by atoms with Gasteiger partial charge < -0.3 is 18.9 Å². The molecule has 2 saturated heterocycles. The van der Waals surface area contributed by atoms with E-state index in [2.05, 4.69) is 6.58 Å². The lowest BCUT2D eigenvalue weighted by Crippen LogP contribution is -2.35. The van der Waals surface area contributed by atoms with Gasteiger partial charge in [0.25, 0.3) is 0 Å². The van der Waals surface area contributed by atoms with Gasteiger partial charge >= 0.3 is 0 Å². The zero-order valence-corrected chi connectivity index (χ0v) is 11.8. The smallest absolute Gasteiger partial charge is 0.190 e. The second-order valence-electron chi connectivity index (χ2n) is 5.57. The summed E-state index contributed by atoms with van der Waals surface area (Å²) in [6.07, 6.45) is 0.753. The summed E-state index contributed by atoms with van der Waals surface area (Å²) in [7, 11) is 0.